The Labute approximate surface area is 75.8 Å². The number of rotatable bonds is 2. The Bertz CT molecular complexity index is 329. The minimum Gasteiger partial charge on any atom is -0.293 e. The molecule has 1 heterocycles. The first-order chi connectivity index (χ1) is 5.66. The van der Waals surface area contributed by atoms with E-state index in [1.807, 2.05) is 0 Å². The molecule has 0 amide bonds. The van der Waals surface area contributed by atoms with Crippen LogP contribution in [0.3, 0.4) is 0 Å². The molecule has 64 valence electrons. The van der Waals surface area contributed by atoms with Crippen molar-refractivity contribution < 1.29 is 4.79 Å². The van der Waals surface area contributed by atoms with Crippen molar-refractivity contribution in [1.29, 1.82) is 0 Å². The van der Waals surface area contributed by atoms with E-state index in [2.05, 4.69) is 22.9 Å². The molecule has 0 fully saturated rings. The molecule has 0 aliphatic carbocycles. The van der Waals surface area contributed by atoms with Crippen LogP contribution in [0, 0.1) is 0 Å². The Morgan fingerprint density at radius 2 is 2.50 bits per heavy atom. The maximum Gasteiger partial charge on any atom is 0.181 e. The maximum absolute atomic E-state index is 11.0. The predicted octanol–water partition coefficient (Wildman–Crippen LogP) is 1.50. The third kappa shape index (κ3) is 1.55. The van der Waals surface area contributed by atoms with Crippen LogP contribution in [0.15, 0.2) is 11.2 Å². The first kappa shape index (κ1) is 8.99. The van der Waals surface area contributed by atoms with Gasteiger partial charge in [0.05, 0.1) is 6.20 Å². The molecular weight excluding hydrogens is 174 g/mol. The van der Waals surface area contributed by atoms with Crippen molar-refractivity contribution in [3.05, 3.63) is 11.9 Å². The molecule has 0 spiro atoms. The third-order valence-electron chi connectivity index (χ3n) is 1.33. The van der Waals surface area contributed by atoms with Gasteiger partial charge in [0.15, 0.2) is 5.78 Å². The van der Waals surface area contributed by atoms with Gasteiger partial charge < -0.3 is 0 Å². The third-order valence-corrected chi connectivity index (χ3v) is 1.64. The largest absolute Gasteiger partial charge is 0.293 e. The highest BCUT2D eigenvalue weighted by Gasteiger charge is 2.11. The van der Waals surface area contributed by atoms with E-state index in [4.69, 9.17) is 0 Å². The van der Waals surface area contributed by atoms with Gasteiger partial charge in [-0.15, -0.1) is 0 Å². The fraction of sp³-hybridized carbons (Fsp3) is 0.286. The number of aliphatic imine (C=N–C) groups is 1. The maximum atomic E-state index is 11.0. The van der Waals surface area contributed by atoms with E-state index in [1.54, 1.807) is 13.1 Å². The van der Waals surface area contributed by atoms with Crippen molar-refractivity contribution in [2.45, 2.75) is 13.8 Å². The quantitative estimate of drug-likeness (QED) is 0.429. The van der Waals surface area contributed by atoms with E-state index >= 15 is 0 Å². The second-order valence-electron chi connectivity index (χ2n) is 2.21. The molecule has 0 bridgehead atoms. The Morgan fingerprint density at radius 1 is 1.83 bits per heavy atom. The summed E-state index contributed by atoms with van der Waals surface area (Å²) in [5.74, 6) is -0.0944. The van der Waals surface area contributed by atoms with E-state index in [0.29, 0.717) is 11.4 Å². The molecule has 0 unspecified atom stereocenters. The Morgan fingerprint density at radius 3 is 3.00 bits per heavy atom. The van der Waals surface area contributed by atoms with Gasteiger partial charge in [-0.2, -0.15) is 5.10 Å². The van der Waals surface area contributed by atoms with E-state index in [-0.39, 0.29) is 5.78 Å². The highest BCUT2D eigenvalue weighted by molar-refractivity contribution is 7.78. The van der Waals surface area contributed by atoms with Gasteiger partial charge in [-0.3, -0.25) is 9.79 Å². The first-order valence-corrected chi connectivity index (χ1v) is 3.83. The van der Waals surface area contributed by atoms with Gasteiger partial charge in [0, 0.05) is 13.1 Å². The molecule has 1 aromatic rings. The zero-order valence-electron chi connectivity index (χ0n) is 6.85. The SMILES string of the molecule is CC=Nc1cnn(S)c1C(C)=O. The Kier molecular flexibility index (Phi) is 2.65. The minimum absolute atomic E-state index is 0.0944. The van der Waals surface area contributed by atoms with Crippen molar-refractivity contribution >= 4 is 30.5 Å². The van der Waals surface area contributed by atoms with Gasteiger partial charge in [-0.05, 0) is 19.7 Å². The van der Waals surface area contributed by atoms with Crippen molar-refractivity contribution in [1.82, 2.24) is 9.19 Å². The van der Waals surface area contributed by atoms with Crippen molar-refractivity contribution in [2.75, 3.05) is 0 Å². The number of carbonyl (C=O) groups is 1. The average Bonchev–Trinajstić information content (AvgIpc) is 2.32. The number of hydrogen-bond acceptors (Lipinski definition) is 4. The fourth-order valence-corrected chi connectivity index (χ4v) is 1.18. The molecule has 0 aliphatic rings. The first-order valence-electron chi connectivity index (χ1n) is 3.43. The van der Waals surface area contributed by atoms with Crippen LogP contribution in [0.2, 0.25) is 0 Å². The zero-order valence-corrected chi connectivity index (χ0v) is 7.75. The minimum atomic E-state index is -0.0944. The molecule has 0 radical (unpaired) electrons. The number of Topliss-reactive ketones (excluding diaryl/α,β-unsaturated/α-hetero) is 1. The highest BCUT2D eigenvalue weighted by Crippen LogP contribution is 2.19. The van der Waals surface area contributed by atoms with Gasteiger partial charge in [0.2, 0.25) is 0 Å². The average molecular weight is 183 g/mol. The summed E-state index contributed by atoms with van der Waals surface area (Å²) in [4.78, 5) is 15.0. The fourth-order valence-electron chi connectivity index (χ4n) is 0.885. The molecule has 0 N–H and O–H groups in total. The van der Waals surface area contributed by atoms with E-state index in [1.165, 1.54) is 17.2 Å². The number of aromatic nitrogens is 2. The van der Waals surface area contributed by atoms with Crippen LogP contribution in [0.1, 0.15) is 24.3 Å². The van der Waals surface area contributed by atoms with Crippen LogP contribution in [-0.4, -0.2) is 21.2 Å². The summed E-state index contributed by atoms with van der Waals surface area (Å²) in [6.07, 6.45) is 3.11. The van der Waals surface area contributed by atoms with Crippen LogP contribution in [0.25, 0.3) is 0 Å². The topological polar surface area (TPSA) is 47.2 Å². The second kappa shape index (κ2) is 3.53. The van der Waals surface area contributed by atoms with Gasteiger partial charge in [-0.25, -0.2) is 4.09 Å². The summed E-state index contributed by atoms with van der Waals surface area (Å²) < 4.78 is 1.23. The molecule has 4 nitrogen and oxygen atoms in total. The Balaban J connectivity index is 3.21. The lowest BCUT2D eigenvalue weighted by atomic mass is 10.3. The normalized spacial score (nSPS) is 10.9. The lowest BCUT2D eigenvalue weighted by Crippen LogP contribution is -1.98. The molecule has 1 rings (SSSR count). The molecule has 5 heteroatoms. The summed E-state index contributed by atoms with van der Waals surface area (Å²) in [6, 6.07) is 0. The molecule has 0 atom stereocenters. The van der Waals surface area contributed by atoms with Crippen LogP contribution in [0.4, 0.5) is 5.69 Å². The summed E-state index contributed by atoms with van der Waals surface area (Å²) in [5, 5.41) is 3.80. The number of hydrogen-bond donors (Lipinski definition) is 1. The lowest BCUT2D eigenvalue weighted by Gasteiger charge is -1.94. The van der Waals surface area contributed by atoms with E-state index < -0.39 is 0 Å². The van der Waals surface area contributed by atoms with Gasteiger partial charge >= 0.3 is 0 Å². The molecule has 12 heavy (non-hydrogen) atoms. The summed E-state index contributed by atoms with van der Waals surface area (Å²) in [7, 11) is 0. The number of ketones is 1. The highest BCUT2D eigenvalue weighted by atomic mass is 32.1. The Hall–Kier alpha value is -1.10. The molecule has 0 aromatic carbocycles. The van der Waals surface area contributed by atoms with Crippen LogP contribution in [-0.2, 0) is 0 Å². The lowest BCUT2D eigenvalue weighted by molar-refractivity contribution is 0.101. The van der Waals surface area contributed by atoms with Crippen molar-refractivity contribution in [2.24, 2.45) is 4.99 Å². The van der Waals surface area contributed by atoms with Crippen molar-refractivity contribution in [3.8, 4) is 0 Å². The van der Waals surface area contributed by atoms with Crippen LogP contribution >= 0.6 is 12.8 Å². The smallest absolute Gasteiger partial charge is 0.181 e. The monoisotopic (exact) mass is 183 g/mol. The molecule has 0 saturated carbocycles. The predicted molar refractivity (Wildman–Crippen MR) is 50.4 cm³/mol. The molecule has 1 aromatic heterocycles. The van der Waals surface area contributed by atoms with Gasteiger partial charge in [0.25, 0.3) is 0 Å². The van der Waals surface area contributed by atoms with Crippen LogP contribution in [0.5, 0.6) is 0 Å². The summed E-state index contributed by atoms with van der Waals surface area (Å²) in [5.41, 5.74) is 0.969. The standard InChI is InChI=1S/C7H9N3OS/c1-3-8-6-4-9-10(12)7(6)5(2)11/h3-4,12H,1-2H3. The number of thiol groups is 1. The van der Waals surface area contributed by atoms with E-state index in [9.17, 15) is 4.79 Å². The number of carbonyl (C=O) groups excluding carboxylic acids is 1. The van der Waals surface area contributed by atoms with E-state index in [0.717, 1.165) is 0 Å². The second-order valence-corrected chi connectivity index (χ2v) is 2.59. The summed E-state index contributed by atoms with van der Waals surface area (Å²) >= 11 is 3.96. The van der Waals surface area contributed by atoms with Crippen LogP contribution < -0.4 is 0 Å². The molecular formula is C7H9N3OS. The van der Waals surface area contributed by atoms with Gasteiger partial charge in [-0.1, -0.05) is 0 Å². The number of nitrogens with zero attached hydrogens (tertiary/aromatic N) is 3. The molecule has 0 saturated heterocycles. The summed E-state index contributed by atoms with van der Waals surface area (Å²) in [6.45, 7) is 3.23. The molecule has 0 aliphatic heterocycles. The zero-order chi connectivity index (χ0) is 9.14. The van der Waals surface area contributed by atoms with Gasteiger partial charge in [0.1, 0.15) is 11.4 Å². The van der Waals surface area contributed by atoms with Crippen molar-refractivity contribution in [3.63, 3.8) is 0 Å².